The fourth-order valence-corrected chi connectivity index (χ4v) is 1.83. The largest absolute Gasteiger partial charge is 0.497 e. The third-order valence-corrected chi connectivity index (χ3v) is 2.89. The molecule has 5 heteroatoms. The number of rotatable bonds is 3. The SMILES string of the molecule is COc1ccc(C(C)N2CC(=O)NC2=O)cc1. The molecular weight excluding hydrogens is 220 g/mol. The van der Waals surface area contributed by atoms with Gasteiger partial charge in [0.1, 0.15) is 12.3 Å². The van der Waals surface area contributed by atoms with Crippen LogP contribution >= 0.6 is 0 Å². The molecule has 1 aromatic carbocycles. The molecule has 1 N–H and O–H groups in total. The quantitative estimate of drug-likeness (QED) is 0.802. The number of imide groups is 1. The van der Waals surface area contributed by atoms with E-state index in [9.17, 15) is 9.59 Å². The summed E-state index contributed by atoms with van der Waals surface area (Å²) in [6, 6.07) is 6.98. The minimum atomic E-state index is -0.335. The van der Waals surface area contributed by atoms with Gasteiger partial charge in [-0.3, -0.25) is 10.1 Å². The van der Waals surface area contributed by atoms with Crippen molar-refractivity contribution in [1.82, 2.24) is 10.2 Å². The van der Waals surface area contributed by atoms with Crippen molar-refractivity contribution in [2.24, 2.45) is 0 Å². The lowest BCUT2D eigenvalue weighted by Crippen LogP contribution is -2.30. The summed E-state index contributed by atoms with van der Waals surface area (Å²) in [4.78, 5) is 24.1. The number of carbonyl (C=O) groups is 2. The lowest BCUT2D eigenvalue weighted by Gasteiger charge is -2.22. The molecule has 0 radical (unpaired) electrons. The second kappa shape index (κ2) is 4.45. The average Bonchev–Trinajstić information content (AvgIpc) is 2.68. The molecule has 1 aliphatic rings. The molecule has 5 nitrogen and oxygen atoms in total. The van der Waals surface area contributed by atoms with Crippen LogP contribution in [-0.4, -0.2) is 30.5 Å². The Hall–Kier alpha value is -2.04. The maximum Gasteiger partial charge on any atom is 0.325 e. The van der Waals surface area contributed by atoms with Gasteiger partial charge in [-0.05, 0) is 24.6 Å². The molecule has 0 aliphatic carbocycles. The fourth-order valence-electron chi connectivity index (χ4n) is 1.83. The maximum absolute atomic E-state index is 11.5. The van der Waals surface area contributed by atoms with E-state index in [2.05, 4.69) is 5.32 Å². The molecule has 1 aliphatic heterocycles. The van der Waals surface area contributed by atoms with Crippen molar-refractivity contribution in [2.75, 3.05) is 13.7 Å². The van der Waals surface area contributed by atoms with E-state index < -0.39 is 0 Å². The van der Waals surface area contributed by atoms with Gasteiger partial charge in [-0.1, -0.05) is 12.1 Å². The van der Waals surface area contributed by atoms with E-state index in [0.717, 1.165) is 11.3 Å². The van der Waals surface area contributed by atoms with Crippen LogP contribution < -0.4 is 10.1 Å². The minimum Gasteiger partial charge on any atom is -0.497 e. The number of urea groups is 1. The van der Waals surface area contributed by atoms with Crippen LogP contribution in [0.15, 0.2) is 24.3 Å². The Morgan fingerprint density at radius 3 is 2.41 bits per heavy atom. The summed E-state index contributed by atoms with van der Waals surface area (Å²) in [6.07, 6.45) is 0. The average molecular weight is 234 g/mol. The van der Waals surface area contributed by atoms with E-state index in [0.29, 0.717) is 0 Å². The van der Waals surface area contributed by atoms with Crippen LogP contribution in [0, 0.1) is 0 Å². The molecule has 1 aromatic rings. The number of nitrogens with one attached hydrogen (secondary N) is 1. The molecule has 2 rings (SSSR count). The molecule has 3 amide bonds. The lowest BCUT2D eigenvalue weighted by atomic mass is 10.1. The number of amides is 3. The molecule has 0 aromatic heterocycles. The topological polar surface area (TPSA) is 58.6 Å². The molecule has 0 saturated carbocycles. The maximum atomic E-state index is 11.5. The Kier molecular flexibility index (Phi) is 2.99. The number of methoxy groups -OCH3 is 1. The Balaban J connectivity index is 2.16. The van der Waals surface area contributed by atoms with Crippen LogP contribution in [0.3, 0.4) is 0 Å². The second-order valence-corrected chi connectivity index (χ2v) is 3.93. The van der Waals surface area contributed by atoms with Gasteiger partial charge in [0.15, 0.2) is 0 Å². The predicted molar refractivity (Wildman–Crippen MR) is 61.7 cm³/mol. The van der Waals surface area contributed by atoms with E-state index in [1.807, 2.05) is 31.2 Å². The van der Waals surface area contributed by atoms with Crippen molar-refractivity contribution in [1.29, 1.82) is 0 Å². The standard InChI is InChI=1S/C12H14N2O3/c1-8(14-7-11(15)13-12(14)16)9-3-5-10(17-2)6-4-9/h3-6,8H,7H2,1-2H3,(H,13,15,16). The Morgan fingerprint density at radius 1 is 1.29 bits per heavy atom. The number of carbonyl (C=O) groups excluding carboxylic acids is 2. The van der Waals surface area contributed by atoms with Crippen molar-refractivity contribution in [3.05, 3.63) is 29.8 Å². The molecule has 1 fully saturated rings. The first kappa shape index (κ1) is 11.4. The molecule has 1 atom stereocenters. The highest BCUT2D eigenvalue weighted by atomic mass is 16.5. The number of hydrogen-bond donors (Lipinski definition) is 1. The Morgan fingerprint density at radius 2 is 1.94 bits per heavy atom. The van der Waals surface area contributed by atoms with Crippen LogP contribution in [-0.2, 0) is 4.79 Å². The fraction of sp³-hybridized carbons (Fsp3) is 0.333. The summed E-state index contributed by atoms with van der Waals surface area (Å²) in [6.45, 7) is 2.01. The number of nitrogens with zero attached hydrogens (tertiary/aromatic N) is 1. The van der Waals surface area contributed by atoms with Gasteiger partial charge in [-0.2, -0.15) is 0 Å². The predicted octanol–water partition coefficient (Wildman–Crippen LogP) is 1.31. The van der Waals surface area contributed by atoms with Gasteiger partial charge in [0, 0.05) is 0 Å². The zero-order valence-corrected chi connectivity index (χ0v) is 9.77. The highest BCUT2D eigenvalue weighted by molar-refractivity contribution is 6.02. The lowest BCUT2D eigenvalue weighted by molar-refractivity contribution is -0.118. The van der Waals surface area contributed by atoms with Crippen molar-refractivity contribution in [3.8, 4) is 5.75 Å². The first-order valence-corrected chi connectivity index (χ1v) is 5.36. The number of benzene rings is 1. The minimum absolute atomic E-state index is 0.117. The van der Waals surface area contributed by atoms with Crippen LogP contribution in [0.2, 0.25) is 0 Å². The summed E-state index contributed by atoms with van der Waals surface area (Å²) >= 11 is 0. The van der Waals surface area contributed by atoms with E-state index in [1.165, 1.54) is 4.90 Å². The van der Waals surface area contributed by atoms with Gasteiger partial charge in [-0.25, -0.2) is 4.79 Å². The first-order chi connectivity index (χ1) is 8.11. The summed E-state index contributed by atoms with van der Waals surface area (Å²) in [5, 5.41) is 2.26. The molecule has 17 heavy (non-hydrogen) atoms. The Labute approximate surface area is 99.4 Å². The second-order valence-electron chi connectivity index (χ2n) is 3.93. The molecular formula is C12H14N2O3. The van der Waals surface area contributed by atoms with E-state index in [1.54, 1.807) is 7.11 Å². The molecule has 1 heterocycles. The van der Waals surface area contributed by atoms with E-state index in [-0.39, 0.29) is 24.5 Å². The van der Waals surface area contributed by atoms with E-state index >= 15 is 0 Å². The van der Waals surface area contributed by atoms with Gasteiger partial charge in [0.25, 0.3) is 0 Å². The van der Waals surface area contributed by atoms with Crippen molar-refractivity contribution in [2.45, 2.75) is 13.0 Å². The smallest absolute Gasteiger partial charge is 0.325 e. The monoisotopic (exact) mass is 234 g/mol. The van der Waals surface area contributed by atoms with Gasteiger partial charge >= 0.3 is 6.03 Å². The zero-order valence-electron chi connectivity index (χ0n) is 9.77. The van der Waals surface area contributed by atoms with Crippen molar-refractivity contribution in [3.63, 3.8) is 0 Å². The highest BCUT2D eigenvalue weighted by Gasteiger charge is 2.31. The van der Waals surface area contributed by atoms with Crippen molar-refractivity contribution < 1.29 is 14.3 Å². The molecule has 0 bridgehead atoms. The third kappa shape index (κ3) is 2.22. The summed E-state index contributed by atoms with van der Waals surface area (Å²) in [5.74, 6) is 0.512. The first-order valence-electron chi connectivity index (χ1n) is 5.36. The van der Waals surface area contributed by atoms with Gasteiger partial charge in [0.2, 0.25) is 5.91 Å². The summed E-state index contributed by atoms with van der Waals surface area (Å²) in [7, 11) is 1.60. The molecule has 90 valence electrons. The molecule has 1 saturated heterocycles. The van der Waals surface area contributed by atoms with Crippen LogP contribution in [0.4, 0.5) is 4.79 Å². The van der Waals surface area contributed by atoms with Gasteiger partial charge < -0.3 is 9.64 Å². The van der Waals surface area contributed by atoms with Crippen LogP contribution in [0.5, 0.6) is 5.75 Å². The third-order valence-electron chi connectivity index (χ3n) is 2.89. The highest BCUT2D eigenvalue weighted by Crippen LogP contribution is 2.23. The van der Waals surface area contributed by atoms with Gasteiger partial charge in [0.05, 0.1) is 13.2 Å². The van der Waals surface area contributed by atoms with E-state index in [4.69, 9.17) is 4.74 Å². The zero-order chi connectivity index (χ0) is 12.4. The van der Waals surface area contributed by atoms with Gasteiger partial charge in [-0.15, -0.1) is 0 Å². The molecule has 1 unspecified atom stereocenters. The van der Waals surface area contributed by atoms with Crippen molar-refractivity contribution >= 4 is 11.9 Å². The normalized spacial score (nSPS) is 16.9. The summed E-state index contributed by atoms with van der Waals surface area (Å²) in [5.41, 5.74) is 0.968. The number of hydrogen-bond acceptors (Lipinski definition) is 3. The van der Waals surface area contributed by atoms with Crippen LogP contribution in [0.1, 0.15) is 18.5 Å². The summed E-state index contributed by atoms with van der Waals surface area (Å²) < 4.78 is 5.07. The Bertz CT molecular complexity index is 442. The van der Waals surface area contributed by atoms with Crippen LogP contribution in [0.25, 0.3) is 0 Å². The molecule has 0 spiro atoms. The number of ether oxygens (including phenoxy) is 1.